The molecule has 2 aromatic rings. The van der Waals surface area contributed by atoms with E-state index in [0.717, 1.165) is 11.1 Å². The van der Waals surface area contributed by atoms with Gasteiger partial charge in [-0.15, -0.1) is 0 Å². The quantitative estimate of drug-likeness (QED) is 0.679. The van der Waals surface area contributed by atoms with Gasteiger partial charge in [0.2, 0.25) is 6.79 Å². The van der Waals surface area contributed by atoms with E-state index in [1.807, 2.05) is 19.1 Å². The zero-order chi connectivity index (χ0) is 20.8. The summed E-state index contributed by atoms with van der Waals surface area (Å²) in [5.74, 6) is 1.88. The SMILES string of the molecule is COc1cc(C=CCO)ccc1OC(C)C(OC(C)=O)c1ccc2c(c1)OCO2. The van der Waals surface area contributed by atoms with Crippen LogP contribution in [0.1, 0.15) is 31.1 Å². The van der Waals surface area contributed by atoms with Crippen molar-refractivity contribution in [2.75, 3.05) is 20.5 Å². The summed E-state index contributed by atoms with van der Waals surface area (Å²) in [5, 5.41) is 8.93. The maximum Gasteiger partial charge on any atom is 0.303 e. The minimum atomic E-state index is -0.652. The Morgan fingerprint density at radius 3 is 2.69 bits per heavy atom. The van der Waals surface area contributed by atoms with E-state index in [0.29, 0.717) is 23.0 Å². The smallest absolute Gasteiger partial charge is 0.303 e. The van der Waals surface area contributed by atoms with Gasteiger partial charge in [-0.2, -0.15) is 0 Å². The topological polar surface area (TPSA) is 83.5 Å². The minimum absolute atomic E-state index is 0.0444. The first kappa shape index (κ1) is 20.5. The predicted molar refractivity (Wildman–Crippen MR) is 106 cm³/mol. The Kier molecular flexibility index (Phi) is 6.61. The molecule has 7 heteroatoms. The van der Waals surface area contributed by atoms with Gasteiger partial charge in [-0.3, -0.25) is 4.79 Å². The molecule has 0 bridgehead atoms. The Bertz CT molecular complexity index is 891. The number of carbonyl (C=O) groups excluding carboxylic acids is 1. The molecule has 2 unspecified atom stereocenters. The van der Waals surface area contributed by atoms with Crippen molar-refractivity contribution in [3.63, 3.8) is 0 Å². The van der Waals surface area contributed by atoms with Gasteiger partial charge in [0.25, 0.3) is 0 Å². The van der Waals surface area contributed by atoms with E-state index in [2.05, 4.69) is 0 Å². The number of fused-ring (bicyclic) bond motifs is 1. The van der Waals surface area contributed by atoms with Crippen LogP contribution in [0.3, 0.4) is 0 Å². The summed E-state index contributed by atoms with van der Waals surface area (Å²) in [6.45, 7) is 3.29. The van der Waals surface area contributed by atoms with E-state index >= 15 is 0 Å². The van der Waals surface area contributed by atoms with Crippen molar-refractivity contribution >= 4 is 12.0 Å². The number of esters is 1. The van der Waals surface area contributed by atoms with E-state index in [-0.39, 0.29) is 13.4 Å². The second kappa shape index (κ2) is 9.34. The largest absolute Gasteiger partial charge is 0.493 e. The van der Waals surface area contributed by atoms with E-state index in [1.54, 1.807) is 43.5 Å². The highest BCUT2D eigenvalue weighted by Gasteiger charge is 2.27. The van der Waals surface area contributed by atoms with E-state index in [9.17, 15) is 4.79 Å². The standard InChI is InChI=1S/C22H24O7/c1-14(28-19-8-6-16(5-4-10-23)11-20(19)25-3)22(29-15(2)24)17-7-9-18-21(12-17)27-13-26-18/h4-9,11-12,14,22-23H,10,13H2,1-3H3. The third kappa shape index (κ3) is 5.00. The molecule has 1 aliphatic rings. The molecule has 0 spiro atoms. The average Bonchev–Trinajstić information content (AvgIpc) is 3.18. The van der Waals surface area contributed by atoms with Gasteiger partial charge in [-0.05, 0) is 36.8 Å². The molecule has 1 heterocycles. The first-order chi connectivity index (χ1) is 14.0. The monoisotopic (exact) mass is 400 g/mol. The summed E-state index contributed by atoms with van der Waals surface area (Å²) in [4.78, 5) is 11.7. The van der Waals surface area contributed by atoms with Gasteiger partial charge in [0, 0.05) is 12.5 Å². The number of ether oxygens (including phenoxy) is 5. The van der Waals surface area contributed by atoms with Crippen molar-refractivity contribution in [2.45, 2.75) is 26.1 Å². The second-order valence-electron chi connectivity index (χ2n) is 6.46. The lowest BCUT2D eigenvalue weighted by Crippen LogP contribution is -2.26. The van der Waals surface area contributed by atoms with Crippen LogP contribution >= 0.6 is 0 Å². The fourth-order valence-corrected chi connectivity index (χ4v) is 3.04. The Morgan fingerprint density at radius 1 is 1.17 bits per heavy atom. The van der Waals surface area contributed by atoms with Gasteiger partial charge in [-0.1, -0.05) is 24.3 Å². The van der Waals surface area contributed by atoms with E-state index in [1.165, 1.54) is 6.92 Å². The van der Waals surface area contributed by atoms with Gasteiger partial charge in [0.1, 0.15) is 6.10 Å². The van der Waals surface area contributed by atoms with E-state index in [4.69, 9.17) is 28.8 Å². The highest BCUT2D eigenvalue weighted by atomic mass is 16.7. The number of carbonyl (C=O) groups is 1. The molecule has 0 fully saturated rings. The molecule has 0 amide bonds. The molecule has 0 aliphatic carbocycles. The Morgan fingerprint density at radius 2 is 1.97 bits per heavy atom. The summed E-state index contributed by atoms with van der Waals surface area (Å²) in [6.07, 6.45) is 2.26. The third-order valence-electron chi connectivity index (χ3n) is 4.36. The minimum Gasteiger partial charge on any atom is -0.493 e. The Hall–Kier alpha value is -3.19. The number of rotatable bonds is 8. The van der Waals surface area contributed by atoms with Crippen LogP contribution in [0, 0.1) is 0 Å². The molecule has 0 aromatic heterocycles. The molecule has 7 nitrogen and oxygen atoms in total. The molecule has 2 atom stereocenters. The van der Waals surface area contributed by atoms with Crippen LogP contribution in [0.4, 0.5) is 0 Å². The molecule has 0 radical (unpaired) electrons. The average molecular weight is 400 g/mol. The van der Waals surface area contributed by atoms with Gasteiger partial charge in [0.15, 0.2) is 29.1 Å². The van der Waals surface area contributed by atoms with Crippen LogP contribution in [-0.2, 0) is 9.53 Å². The van der Waals surface area contributed by atoms with Gasteiger partial charge >= 0.3 is 5.97 Å². The summed E-state index contributed by atoms with van der Waals surface area (Å²) in [5.41, 5.74) is 1.60. The first-order valence-electron chi connectivity index (χ1n) is 9.20. The molecular weight excluding hydrogens is 376 g/mol. The number of hydrogen-bond acceptors (Lipinski definition) is 7. The number of benzene rings is 2. The third-order valence-corrected chi connectivity index (χ3v) is 4.36. The summed E-state index contributed by atoms with van der Waals surface area (Å²) in [7, 11) is 1.55. The molecule has 3 rings (SSSR count). The van der Waals surface area contributed by atoms with Crippen LogP contribution in [0.5, 0.6) is 23.0 Å². The predicted octanol–water partition coefficient (Wildman–Crippen LogP) is 3.50. The number of hydrogen-bond donors (Lipinski definition) is 1. The maximum atomic E-state index is 11.7. The van der Waals surface area contributed by atoms with Crippen LogP contribution < -0.4 is 18.9 Å². The van der Waals surface area contributed by atoms with Crippen molar-refractivity contribution in [1.82, 2.24) is 0 Å². The second-order valence-corrected chi connectivity index (χ2v) is 6.46. The highest BCUT2D eigenvalue weighted by Crippen LogP contribution is 2.37. The van der Waals surface area contributed by atoms with Gasteiger partial charge in [0.05, 0.1) is 13.7 Å². The molecule has 154 valence electrons. The lowest BCUT2D eigenvalue weighted by Gasteiger charge is -2.26. The molecule has 0 saturated heterocycles. The molecule has 29 heavy (non-hydrogen) atoms. The molecule has 2 aromatic carbocycles. The van der Waals surface area contributed by atoms with Crippen LogP contribution in [0.15, 0.2) is 42.5 Å². The first-order valence-corrected chi connectivity index (χ1v) is 9.20. The van der Waals surface area contributed by atoms with Gasteiger partial charge in [-0.25, -0.2) is 0 Å². The number of aliphatic hydroxyl groups is 1. The molecule has 1 N–H and O–H groups in total. The van der Waals surface area contributed by atoms with Crippen LogP contribution in [0.2, 0.25) is 0 Å². The number of methoxy groups -OCH3 is 1. The Balaban J connectivity index is 1.84. The van der Waals surface area contributed by atoms with E-state index < -0.39 is 18.2 Å². The van der Waals surface area contributed by atoms with Gasteiger partial charge < -0.3 is 28.8 Å². The van der Waals surface area contributed by atoms with Crippen LogP contribution in [-0.4, -0.2) is 37.7 Å². The zero-order valence-electron chi connectivity index (χ0n) is 16.6. The zero-order valence-corrected chi connectivity index (χ0v) is 16.6. The lowest BCUT2D eigenvalue weighted by molar-refractivity contribution is -0.151. The summed E-state index contributed by atoms with van der Waals surface area (Å²) >= 11 is 0. The fraction of sp³-hybridized carbons (Fsp3) is 0.318. The molecule has 1 aliphatic heterocycles. The molecular formula is C22H24O7. The lowest BCUT2D eigenvalue weighted by atomic mass is 10.0. The van der Waals surface area contributed by atoms with Crippen molar-refractivity contribution in [3.8, 4) is 23.0 Å². The van der Waals surface area contributed by atoms with Crippen LogP contribution in [0.25, 0.3) is 6.08 Å². The Labute approximate surface area is 169 Å². The van der Waals surface area contributed by atoms with Crippen molar-refractivity contribution in [1.29, 1.82) is 0 Å². The van der Waals surface area contributed by atoms with Crippen molar-refractivity contribution < 1.29 is 33.6 Å². The maximum absolute atomic E-state index is 11.7. The normalized spacial score (nSPS) is 14.5. The number of aliphatic hydroxyl groups excluding tert-OH is 1. The van der Waals surface area contributed by atoms with Crippen molar-refractivity contribution in [2.24, 2.45) is 0 Å². The molecule has 0 saturated carbocycles. The summed E-state index contributed by atoms with van der Waals surface area (Å²) in [6, 6.07) is 10.8. The highest BCUT2D eigenvalue weighted by molar-refractivity contribution is 5.66. The fourth-order valence-electron chi connectivity index (χ4n) is 3.04. The van der Waals surface area contributed by atoms with Crippen molar-refractivity contribution in [3.05, 3.63) is 53.6 Å². The summed E-state index contributed by atoms with van der Waals surface area (Å²) < 4.78 is 27.8.